The second-order valence-corrected chi connectivity index (χ2v) is 4.97. The molecule has 1 fully saturated rings. The van der Waals surface area contributed by atoms with Gasteiger partial charge in [0.1, 0.15) is 5.82 Å². The van der Waals surface area contributed by atoms with Crippen LogP contribution in [0.25, 0.3) is 0 Å². The van der Waals surface area contributed by atoms with Crippen molar-refractivity contribution < 1.29 is 9.50 Å². The normalized spacial score (nSPS) is 26.4. The van der Waals surface area contributed by atoms with Gasteiger partial charge in [0, 0.05) is 16.0 Å². The van der Waals surface area contributed by atoms with E-state index in [-0.39, 0.29) is 10.6 Å². The van der Waals surface area contributed by atoms with Crippen molar-refractivity contribution in [3.63, 3.8) is 0 Å². The predicted molar refractivity (Wildman–Crippen MR) is 62.9 cm³/mol. The highest BCUT2D eigenvalue weighted by atomic mass is 35.5. The molecule has 0 saturated heterocycles. The maximum atomic E-state index is 13.6. The lowest BCUT2D eigenvalue weighted by Crippen LogP contribution is -2.35. The smallest absolute Gasteiger partial charge is 0.130 e. The fraction of sp³-hybridized carbons (Fsp3) is 0.385. The Bertz CT molecular complexity index is 423. The van der Waals surface area contributed by atoms with Gasteiger partial charge in [-0.1, -0.05) is 36.7 Å². The Balaban J connectivity index is 2.41. The highest BCUT2D eigenvalue weighted by molar-refractivity contribution is 6.31. The number of aliphatic hydroxyl groups excluding tert-OH is 1. The molecule has 1 nitrogen and oxygen atoms in total. The number of aliphatic hydroxyl groups is 1. The van der Waals surface area contributed by atoms with Gasteiger partial charge in [-0.15, -0.1) is 0 Å². The van der Waals surface area contributed by atoms with Gasteiger partial charge in [0.25, 0.3) is 0 Å². The number of rotatable bonds is 2. The second kappa shape index (κ2) is 3.86. The molecule has 0 bridgehead atoms. The average molecular weight is 241 g/mol. The molecule has 1 saturated carbocycles. The van der Waals surface area contributed by atoms with Crippen LogP contribution in [0.4, 0.5) is 4.39 Å². The van der Waals surface area contributed by atoms with E-state index in [4.69, 9.17) is 11.6 Å². The van der Waals surface area contributed by atoms with E-state index >= 15 is 0 Å². The number of hydrogen-bond donors (Lipinski definition) is 1. The van der Waals surface area contributed by atoms with Gasteiger partial charge in [0.2, 0.25) is 0 Å². The fourth-order valence-corrected chi connectivity index (χ4v) is 2.38. The quantitative estimate of drug-likeness (QED) is 0.778. The van der Waals surface area contributed by atoms with Gasteiger partial charge in [-0.3, -0.25) is 0 Å². The van der Waals surface area contributed by atoms with Gasteiger partial charge in [0.05, 0.1) is 6.10 Å². The maximum absolute atomic E-state index is 13.6. The van der Waals surface area contributed by atoms with Crippen molar-refractivity contribution in [1.82, 2.24) is 0 Å². The molecule has 0 spiro atoms. The third-order valence-corrected chi connectivity index (χ3v) is 3.96. The molecule has 1 aromatic carbocycles. The van der Waals surface area contributed by atoms with E-state index in [0.29, 0.717) is 0 Å². The molecule has 0 aliphatic heterocycles. The first-order valence-electron chi connectivity index (χ1n) is 5.27. The third kappa shape index (κ3) is 1.57. The molecule has 86 valence electrons. The summed E-state index contributed by atoms with van der Waals surface area (Å²) in [5, 5.41) is 10.5. The van der Waals surface area contributed by atoms with Crippen LogP contribution < -0.4 is 0 Å². The topological polar surface area (TPSA) is 20.2 Å². The number of halogens is 2. The summed E-state index contributed by atoms with van der Waals surface area (Å²) in [7, 11) is 0. The van der Waals surface area contributed by atoms with E-state index in [1.165, 1.54) is 12.1 Å². The molecule has 3 heteroatoms. The predicted octanol–water partition coefficient (Wildman–Crippen LogP) is 3.87. The molecule has 16 heavy (non-hydrogen) atoms. The summed E-state index contributed by atoms with van der Waals surface area (Å²) >= 11 is 5.93. The summed E-state index contributed by atoms with van der Waals surface area (Å²) < 4.78 is 13.6. The van der Waals surface area contributed by atoms with E-state index in [0.717, 1.165) is 18.4 Å². The van der Waals surface area contributed by atoms with Crippen LogP contribution in [0, 0.1) is 11.2 Å². The fourth-order valence-electron chi connectivity index (χ4n) is 2.12. The first-order valence-corrected chi connectivity index (χ1v) is 5.65. The first kappa shape index (κ1) is 11.6. The zero-order valence-electron chi connectivity index (χ0n) is 9.13. The van der Waals surface area contributed by atoms with Gasteiger partial charge in [-0.05, 0) is 25.0 Å². The van der Waals surface area contributed by atoms with Crippen LogP contribution in [0.1, 0.15) is 31.4 Å². The monoisotopic (exact) mass is 240 g/mol. The van der Waals surface area contributed by atoms with Crippen molar-refractivity contribution in [2.45, 2.75) is 25.9 Å². The molecule has 2 atom stereocenters. The average Bonchev–Trinajstić information content (AvgIpc) is 2.25. The molecule has 1 aromatic rings. The van der Waals surface area contributed by atoms with Crippen LogP contribution in [0.5, 0.6) is 0 Å². The molecule has 0 heterocycles. The zero-order chi connectivity index (χ0) is 11.9. The maximum Gasteiger partial charge on any atom is 0.130 e. The molecule has 2 rings (SSSR count). The van der Waals surface area contributed by atoms with Crippen LogP contribution in [-0.2, 0) is 0 Å². The van der Waals surface area contributed by atoms with E-state index < -0.39 is 17.3 Å². The molecule has 1 aliphatic carbocycles. The lowest BCUT2D eigenvalue weighted by Gasteiger charge is -2.45. The Hall–Kier alpha value is -0.860. The van der Waals surface area contributed by atoms with Gasteiger partial charge in [-0.2, -0.15) is 0 Å². The van der Waals surface area contributed by atoms with E-state index in [1.54, 1.807) is 6.07 Å². The van der Waals surface area contributed by atoms with Gasteiger partial charge >= 0.3 is 0 Å². The Morgan fingerprint density at radius 3 is 2.69 bits per heavy atom. The minimum Gasteiger partial charge on any atom is -0.387 e. The van der Waals surface area contributed by atoms with Crippen LogP contribution in [0.3, 0.4) is 0 Å². The van der Waals surface area contributed by atoms with E-state index in [1.807, 2.05) is 6.92 Å². The minimum absolute atomic E-state index is 0.188. The summed E-state index contributed by atoms with van der Waals surface area (Å²) in [6.45, 7) is 5.79. The highest BCUT2D eigenvalue weighted by Gasteiger charge is 2.44. The minimum atomic E-state index is -0.914. The molecular weight excluding hydrogens is 227 g/mol. The SMILES string of the molecule is C=C1CCC1(C)C(O)c1c(F)cccc1Cl. The summed E-state index contributed by atoms with van der Waals surface area (Å²) in [6, 6.07) is 4.44. The standard InChI is InChI=1S/C13H14ClFO/c1-8-6-7-13(8,2)12(16)11-9(14)4-3-5-10(11)15/h3-5,12,16H,1,6-7H2,2H3. The zero-order valence-corrected chi connectivity index (χ0v) is 9.89. The van der Waals surface area contributed by atoms with Gasteiger partial charge in [-0.25, -0.2) is 4.39 Å². The molecule has 0 radical (unpaired) electrons. The van der Waals surface area contributed by atoms with Crippen molar-refractivity contribution in [2.75, 3.05) is 0 Å². The molecular formula is C13H14ClFO. The number of benzene rings is 1. The Morgan fingerprint density at radius 1 is 1.56 bits per heavy atom. The van der Waals surface area contributed by atoms with Crippen molar-refractivity contribution in [1.29, 1.82) is 0 Å². The molecule has 1 N–H and O–H groups in total. The Kier molecular flexibility index (Phi) is 2.81. The van der Waals surface area contributed by atoms with Crippen LogP contribution in [0.15, 0.2) is 30.4 Å². The first-order chi connectivity index (χ1) is 7.47. The molecule has 1 aliphatic rings. The molecule has 2 unspecified atom stereocenters. The molecule has 0 aromatic heterocycles. The van der Waals surface area contributed by atoms with Crippen molar-refractivity contribution in [2.24, 2.45) is 5.41 Å². The largest absolute Gasteiger partial charge is 0.387 e. The van der Waals surface area contributed by atoms with Crippen LogP contribution in [0.2, 0.25) is 5.02 Å². The van der Waals surface area contributed by atoms with E-state index in [2.05, 4.69) is 6.58 Å². The molecule has 0 amide bonds. The van der Waals surface area contributed by atoms with Gasteiger partial charge < -0.3 is 5.11 Å². The third-order valence-electron chi connectivity index (χ3n) is 3.63. The summed E-state index contributed by atoms with van der Waals surface area (Å²) in [5.41, 5.74) is 0.707. The second-order valence-electron chi connectivity index (χ2n) is 4.56. The van der Waals surface area contributed by atoms with E-state index in [9.17, 15) is 9.50 Å². The highest BCUT2D eigenvalue weighted by Crippen LogP contribution is 2.54. The van der Waals surface area contributed by atoms with Crippen molar-refractivity contribution >= 4 is 11.6 Å². The summed E-state index contributed by atoms with van der Waals surface area (Å²) in [5.74, 6) is -0.457. The lowest BCUT2D eigenvalue weighted by atomic mass is 9.62. The Morgan fingerprint density at radius 2 is 2.25 bits per heavy atom. The van der Waals surface area contributed by atoms with Crippen molar-refractivity contribution in [3.05, 3.63) is 46.8 Å². The lowest BCUT2D eigenvalue weighted by molar-refractivity contribution is 0.0237. The summed E-state index contributed by atoms with van der Waals surface area (Å²) in [6.07, 6.45) is 0.791. The summed E-state index contributed by atoms with van der Waals surface area (Å²) in [4.78, 5) is 0. The van der Waals surface area contributed by atoms with Crippen LogP contribution >= 0.6 is 11.6 Å². The number of hydrogen-bond acceptors (Lipinski definition) is 1. The van der Waals surface area contributed by atoms with Gasteiger partial charge in [0.15, 0.2) is 0 Å². The van der Waals surface area contributed by atoms with Crippen LogP contribution in [-0.4, -0.2) is 5.11 Å². The van der Waals surface area contributed by atoms with Crippen molar-refractivity contribution in [3.8, 4) is 0 Å². The Labute approximate surface area is 99.6 Å².